The first kappa shape index (κ1) is 22.1. The van der Waals surface area contributed by atoms with Crippen molar-refractivity contribution in [2.75, 3.05) is 25.1 Å². The summed E-state index contributed by atoms with van der Waals surface area (Å²) in [4.78, 5) is 39.1. The molecule has 0 radical (unpaired) electrons. The van der Waals surface area contributed by atoms with Gasteiger partial charge in [0.15, 0.2) is 6.61 Å². The number of nitrogens with one attached hydrogen (secondary N) is 1. The molecule has 7 nitrogen and oxygen atoms in total. The monoisotopic (exact) mass is 416 g/mol. The molecule has 1 aromatic carbocycles. The summed E-state index contributed by atoms with van der Waals surface area (Å²) in [5, 5.41) is 2.70. The summed E-state index contributed by atoms with van der Waals surface area (Å²) >= 11 is 0. The first-order valence-corrected chi connectivity index (χ1v) is 10.9. The second kappa shape index (κ2) is 9.96. The van der Waals surface area contributed by atoms with Crippen LogP contribution in [0.15, 0.2) is 24.3 Å². The lowest BCUT2D eigenvalue weighted by molar-refractivity contribution is -0.151. The highest BCUT2D eigenvalue weighted by molar-refractivity contribution is 5.94. The van der Waals surface area contributed by atoms with Crippen LogP contribution in [-0.4, -0.2) is 48.5 Å². The van der Waals surface area contributed by atoms with Gasteiger partial charge in [-0.2, -0.15) is 0 Å². The van der Waals surface area contributed by atoms with E-state index < -0.39 is 17.8 Å². The molecule has 4 atom stereocenters. The van der Waals surface area contributed by atoms with E-state index in [4.69, 9.17) is 9.47 Å². The molecule has 1 aromatic rings. The highest BCUT2D eigenvalue weighted by Crippen LogP contribution is 2.36. The third kappa shape index (κ3) is 5.12. The molecule has 1 aliphatic heterocycles. The van der Waals surface area contributed by atoms with Crippen LogP contribution in [0.25, 0.3) is 0 Å². The number of esters is 1. The van der Waals surface area contributed by atoms with E-state index in [0.29, 0.717) is 36.4 Å². The van der Waals surface area contributed by atoms with Crippen LogP contribution in [0.3, 0.4) is 0 Å². The number of nitrogens with zero attached hydrogens (tertiary/aromatic N) is 1. The molecule has 1 aliphatic carbocycles. The molecule has 2 aliphatic rings. The van der Waals surface area contributed by atoms with E-state index in [0.717, 1.165) is 12.8 Å². The summed E-state index contributed by atoms with van der Waals surface area (Å²) in [5.41, 5.74) is 0.531. The smallest absolute Gasteiger partial charge is 0.311 e. The first-order valence-electron chi connectivity index (χ1n) is 10.9. The maximum Gasteiger partial charge on any atom is 0.311 e. The number of hydrogen-bond acceptors (Lipinski definition) is 5. The second-order valence-electron chi connectivity index (χ2n) is 8.37. The van der Waals surface area contributed by atoms with Crippen molar-refractivity contribution in [1.82, 2.24) is 4.90 Å². The van der Waals surface area contributed by atoms with Crippen molar-refractivity contribution < 1.29 is 23.9 Å². The molecular weight excluding hydrogens is 384 g/mol. The highest BCUT2D eigenvalue weighted by Gasteiger charge is 2.42. The summed E-state index contributed by atoms with van der Waals surface area (Å²) in [6, 6.07) is 7.28. The fraction of sp³-hybridized carbons (Fsp3) is 0.609. The lowest BCUT2D eigenvalue weighted by Crippen LogP contribution is -2.45. The summed E-state index contributed by atoms with van der Waals surface area (Å²) in [6.45, 7) is 6.76. The zero-order valence-electron chi connectivity index (χ0n) is 18.1. The van der Waals surface area contributed by atoms with Gasteiger partial charge in [-0.1, -0.05) is 38.8 Å². The quantitative estimate of drug-likeness (QED) is 0.690. The minimum absolute atomic E-state index is 0.0120. The van der Waals surface area contributed by atoms with Gasteiger partial charge in [-0.25, -0.2) is 0 Å². The number of likely N-dealkylation sites (tertiary alicyclic amines) is 1. The van der Waals surface area contributed by atoms with Gasteiger partial charge in [0.05, 0.1) is 18.2 Å². The van der Waals surface area contributed by atoms with Gasteiger partial charge < -0.3 is 19.7 Å². The third-order valence-corrected chi connectivity index (χ3v) is 6.36. The van der Waals surface area contributed by atoms with Gasteiger partial charge in [-0.15, -0.1) is 0 Å². The minimum atomic E-state index is -0.509. The van der Waals surface area contributed by atoms with E-state index in [1.165, 1.54) is 6.42 Å². The Morgan fingerprint density at radius 2 is 1.97 bits per heavy atom. The van der Waals surface area contributed by atoms with Gasteiger partial charge in [-0.05, 0) is 37.3 Å². The van der Waals surface area contributed by atoms with E-state index in [-0.39, 0.29) is 25.0 Å². The van der Waals surface area contributed by atoms with Crippen LogP contribution in [0, 0.1) is 17.8 Å². The van der Waals surface area contributed by atoms with Crippen LogP contribution in [0.4, 0.5) is 5.69 Å². The summed E-state index contributed by atoms with van der Waals surface area (Å²) in [6.07, 6.45) is 3.44. The first-order chi connectivity index (χ1) is 14.4. The van der Waals surface area contributed by atoms with Gasteiger partial charge in [0.1, 0.15) is 5.75 Å². The SMILES string of the molecule is CCOc1ccccc1NC(=O)COC(=O)[C@H]1CC(=O)N([C@H]2CCC[C@H](C)[C@@H]2C)C1. The number of hydrogen-bond donors (Lipinski definition) is 1. The number of ether oxygens (including phenoxy) is 2. The molecule has 1 heterocycles. The summed E-state index contributed by atoms with van der Waals surface area (Å²) < 4.78 is 10.7. The molecule has 0 bridgehead atoms. The predicted molar refractivity (Wildman–Crippen MR) is 113 cm³/mol. The molecule has 30 heavy (non-hydrogen) atoms. The van der Waals surface area contributed by atoms with Crippen molar-refractivity contribution in [2.45, 2.75) is 52.5 Å². The average Bonchev–Trinajstić information content (AvgIpc) is 3.11. The Morgan fingerprint density at radius 1 is 1.20 bits per heavy atom. The number of para-hydroxylation sites is 2. The molecular formula is C23H32N2O5. The van der Waals surface area contributed by atoms with Crippen LogP contribution >= 0.6 is 0 Å². The molecule has 1 saturated carbocycles. The normalized spacial score (nSPS) is 26.4. The van der Waals surface area contributed by atoms with Crippen LogP contribution in [-0.2, 0) is 19.1 Å². The molecule has 1 saturated heterocycles. The Balaban J connectivity index is 1.51. The van der Waals surface area contributed by atoms with E-state index in [1.807, 2.05) is 17.9 Å². The van der Waals surface area contributed by atoms with E-state index in [2.05, 4.69) is 19.2 Å². The topological polar surface area (TPSA) is 84.9 Å². The van der Waals surface area contributed by atoms with Crippen molar-refractivity contribution in [3.63, 3.8) is 0 Å². The Morgan fingerprint density at radius 3 is 2.73 bits per heavy atom. The minimum Gasteiger partial charge on any atom is -0.492 e. The number of benzene rings is 1. The molecule has 0 aromatic heterocycles. The highest BCUT2D eigenvalue weighted by atomic mass is 16.5. The van der Waals surface area contributed by atoms with Crippen LogP contribution in [0.5, 0.6) is 5.75 Å². The Hall–Kier alpha value is -2.57. The zero-order chi connectivity index (χ0) is 21.7. The zero-order valence-corrected chi connectivity index (χ0v) is 18.1. The van der Waals surface area contributed by atoms with Crippen molar-refractivity contribution in [2.24, 2.45) is 17.8 Å². The lowest BCUT2D eigenvalue weighted by atomic mass is 9.77. The predicted octanol–water partition coefficient (Wildman–Crippen LogP) is 3.24. The van der Waals surface area contributed by atoms with Crippen LogP contribution in [0.1, 0.15) is 46.5 Å². The summed E-state index contributed by atoms with van der Waals surface area (Å²) in [5.74, 6) is 0.137. The van der Waals surface area contributed by atoms with Gasteiger partial charge in [-0.3, -0.25) is 14.4 Å². The molecule has 1 N–H and O–H groups in total. The van der Waals surface area contributed by atoms with Gasteiger partial charge >= 0.3 is 5.97 Å². The molecule has 0 unspecified atom stereocenters. The van der Waals surface area contributed by atoms with Gasteiger partial charge in [0.25, 0.3) is 5.91 Å². The lowest BCUT2D eigenvalue weighted by Gasteiger charge is -2.39. The Labute approximate surface area is 178 Å². The molecule has 164 valence electrons. The van der Waals surface area contributed by atoms with Crippen molar-refractivity contribution in [3.05, 3.63) is 24.3 Å². The van der Waals surface area contributed by atoms with Crippen LogP contribution in [0.2, 0.25) is 0 Å². The average molecular weight is 417 g/mol. The van der Waals surface area contributed by atoms with E-state index >= 15 is 0 Å². The van der Waals surface area contributed by atoms with E-state index in [1.54, 1.807) is 18.2 Å². The van der Waals surface area contributed by atoms with Crippen molar-refractivity contribution in [1.29, 1.82) is 0 Å². The molecule has 2 fully saturated rings. The number of carbonyl (C=O) groups excluding carboxylic acids is 3. The van der Waals surface area contributed by atoms with E-state index in [9.17, 15) is 14.4 Å². The van der Waals surface area contributed by atoms with Crippen molar-refractivity contribution >= 4 is 23.5 Å². The van der Waals surface area contributed by atoms with Gasteiger partial charge in [0.2, 0.25) is 5.91 Å². The Kier molecular flexibility index (Phi) is 7.34. The largest absolute Gasteiger partial charge is 0.492 e. The molecule has 7 heteroatoms. The fourth-order valence-electron chi connectivity index (χ4n) is 4.50. The van der Waals surface area contributed by atoms with Crippen LogP contribution < -0.4 is 10.1 Å². The number of carbonyl (C=O) groups is 3. The third-order valence-electron chi connectivity index (χ3n) is 6.36. The number of anilines is 1. The summed E-state index contributed by atoms with van der Waals surface area (Å²) in [7, 11) is 0. The maximum absolute atomic E-state index is 12.5. The van der Waals surface area contributed by atoms with Gasteiger partial charge in [0, 0.05) is 19.0 Å². The van der Waals surface area contributed by atoms with Crippen molar-refractivity contribution in [3.8, 4) is 5.75 Å². The standard InChI is InChI=1S/C23H32N2O5/c1-4-29-20-11-6-5-9-18(20)24-21(26)14-30-23(28)17-12-22(27)25(13-17)19-10-7-8-15(2)16(19)3/h5-6,9,11,15-17,19H,4,7-8,10,12-14H2,1-3H3,(H,24,26)/t15-,16-,17-,19-/m0/s1. The molecule has 3 rings (SSSR count). The maximum atomic E-state index is 12.5. The molecule has 2 amide bonds. The molecule has 0 spiro atoms. The number of amides is 2. The second-order valence-corrected chi connectivity index (χ2v) is 8.37. The fourth-order valence-corrected chi connectivity index (χ4v) is 4.50. The Bertz CT molecular complexity index is 781. The number of rotatable bonds is 7.